The van der Waals surface area contributed by atoms with E-state index in [4.69, 9.17) is 9.73 Å². The Morgan fingerprint density at radius 3 is 2.72 bits per heavy atom. The highest BCUT2D eigenvalue weighted by Gasteiger charge is 2.10. The highest BCUT2D eigenvalue weighted by Crippen LogP contribution is 2.06. The van der Waals surface area contributed by atoms with Gasteiger partial charge in [0.2, 0.25) is 0 Å². The van der Waals surface area contributed by atoms with E-state index >= 15 is 0 Å². The molecule has 2 rings (SSSR count). The van der Waals surface area contributed by atoms with Crippen molar-refractivity contribution in [2.24, 2.45) is 10.9 Å². The van der Waals surface area contributed by atoms with Crippen molar-refractivity contribution in [2.75, 3.05) is 52.5 Å². The summed E-state index contributed by atoms with van der Waals surface area (Å²) in [4.78, 5) is 7.16. The first-order valence-corrected chi connectivity index (χ1v) is 9.41. The number of aromatic nitrogens is 2. The molecule has 25 heavy (non-hydrogen) atoms. The normalized spacial score (nSPS) is 17.5. The topological polar surface area (TPSA) is 66.7 Å². The van der Waals surface area contributed by atoms with Crippen LogP contribution in [-0.4, -0.2) is 73.1 Å². The van der Waals surface area contributed by atoms with Gasteiger partial charge in [0.25, 0.3) is 0 Å². The lowest BCUT2D eigenvalue weighted by molar-refractivity contribution is 0.0389. The van der Waals surface area contributed by atoms with Gasteiger partial charge < -0.3 is 15.4 Å². The van der Waals surface area contributed by atoms with Crippen LogP contribution < -0.4 is 10.6 Å². The van der Waals surface area contributed by atoms with E-state index in [1.165, 1.54) is 5.69 Å². The average Bonchev–Trinajstić information content (AvgIpc) is 2.91. The number of guanidine groups is 1. The first kappa shape index (κ1) is 19.7. The van der Waals surface area contributed by atoms with E-state index in [0.29, 0.717) is 5.92 Å². The number of nitrogens with one attached hydrogen (secondary N) is 2. The number of nitrogens with zero attached hydrogens (tertiary/aromatic N) is 4. The molecule has 1 aliphatic heterocycles. The van der Waals surface area contributed by atoms with E-state index in [9.17, 15) is 0 Å². The zero-order chi connectivity index (χ0) is 18.1. The minimum atomic E-state index is 0.438. The van der Waals surface area contributed by atoms with Crippen molar-refractivity contribution < 1.29 is 4.74 Å². The van der Waals surface area contributed by atoms with Crippen LogP contribution in [0.25, 0.3) is 0 Å². The van der Waals surface area contributed by atoms with Gasteiger partial charge in [0.1, 0.15) is 0 Å². The van der Waals surface area contributed by atoms with Crippen molar-refractivity contribution in [3.05, 3.63) is 17.5 Å². The number of morpholine rings is 1. The molecular formula is C18H34N6O. The lowest BCUT2D eigenvalue weighted by atomic mass is 10.2. The average molecular weight is 351 g/mol. The number of hydrogen-bond acceptors (Lipinski definition) is 4. The molecule has 1 unspecified atom stereocenters. The molecule has 0 radical (unpaired) electrons. The molecular weight excluding hydrogens is 316 g/mol. The van der Waals surface area contributed by atoms with Crippen LogP contribution >= 0.6 is 0 Å². The molecule has 7 heteroatoms. The van der Waals surface area contributed by atoms with Crippen molar-refractivity contribution >= 4 is 5.96 Å². The predicted octanol–water partition coefficient (Wildman–Crippen LogP) is 1.02. The van der Waals surface area contributed by atoms with E-state index in [-0.39, 0.29) is 0 Å². The standard InChI is InChI=1S/C18H34N6O/c1-5-19-18(20-6-7-23-8-10-25-11-9-23)21-13-15(2)14-24-17(4)12-16(3)22-24/h12,15H,5-11,13-14H2,1-4H3,(H2,19,20,21). The molecule has 0 aromatic carbocycles. The fraction of sp³-hybridized carbons (Fsp3) is 0.778. The number of rotatable bonds is 8. The van der Waals surface area contributed by atoms with Crippen LogP contribution in [0.5, 0.6) is 0 Å². The number of aliphatic imine (C=N–C) groups is 1. The van der Waals surface area contributed by atoms with Crippen molar-refractivity contribution in [3.63, 3.8) is 0 Å². The fourth-order valence-corrected chi connectivity index (χ4v) is 2.96. The van der Waals surface area contributed by atoms with Gasteiger partial charge in [-0.25, -0.2) is 0 Å². The third kappa shape index (κ3) is 7.04. The van der Waals surface area contributed by atoms with Crippen molar-refractivity contribution in [2.45, 2.75) is 34.2 Å². The van der Waals surface area contributed by atoms with Crippen LogP contribution in [0.4, 0.5) is 0 Å². The molecule has 0 spiro atoms. The molecule has 1 aromatic heterocycles. The van der Waals surface area contributed by atoms with Crippen LogP contribution in [0, 0.1) is 19.8 Å². The summed E-state index contributed by atoms with van der Waals surface area (Å²) in [6, 6.07) is 2.12. The molecule has 1 atom stereocenters. The maximum Gasteiger partial charge on any atom is 0.191 e. The van der Waals surface area contributed by atoms with Crippen LogP contribution in [0.2, 0.25) is 0 Å². The van der Waals surface area contributed by atoms with Gasteiger partial charge in [0, 0.05) is 51.5 Å². The summed E-state index contributed by atoms with van der Waals surface area (Å²) in [5.41, 5.74) is 2.29. The van der Waals surface area contributed by atoms with Crippen LogP contribution in [0.15, 0.2) is 11.1 Å². The monoisotopic (exact) mass is 350 g/mol. The third-order valence-electron chi connectivity index (χ3n) is 4.32. The van der Waals surface area contributed by atoms with Gasteiger partial charge in [-0.2, -0.15) is 5.10 Å². The SMILES string of the molecule is CCNC(=NCC(C)Cn1nc(C)cc1C)NCCN1CCOCC1. The molecule has 1 aromatic rings. The Hall–Kier alpha value is -1.60. The van der Waals surface area contributed by atoms with E-state index in [1.54, 1.807) is 0 Å². The van der Waals surface area contributed by atoms with E-state index in [0.717, 1.165) is 70.7 Å². The molecule has 0 saturated carbocycles. The number of ether oxygens (including phenoxy) is 1. The zero-order valence-corrected chi connectivity index (χ0v) is 16.2. The van der Waals surface area contributed by atoms with Gasteiger partial charge in [-0.05, 0) is 32.8 Å². The fourth-order valence-electron chi connectivity index (χ4n) is 2.96. The van der Waals surface area contributed by atoms with Gasteiger partial charge >= 0.3 is 0 Å². The Labute approximate surface area is 151 Å². The minimum Gasteiger partial charge on any atom is -0.379 e. The largest absolute Gasteiger partial charge is 0.379 e. The highest BCUT2D eigenvalue weighted by atomic mass is 16.5. The molecule has 1 saturated heterocycles. The summed E-state index contributed by atoms with van der Waals surface area (Å²) < 4.78 is 7.46. The summed E-state index contributed by atoms with van der Waals surface area (Å²) in [5, 5.41) is 11.3. The molecule has 0 bridgehead atoms. The Morgan fingerprint density at radius 2 is 2.08 bits per heavy atom. The lowest BCUT2D eigenvalue weighted by Gasteiger charge is -2.26. The molecule has 2 heterocycles. The quantitative estimate of drug-likeness (QED) is 0.541. The number of aryl methyl sites for hydroxylation is 2. The molecule has 2 N–H and O–H groups in total. The van der Waals surface area contributed by atoms with Gasteiger partial charge in [-0.1, -0.05) is 6.92 Å². The molecule has 142 valence electrons. The smallest absolute Gasteiger partial charge is 0.191 e. The van der Waals surface area contributed by atoms with Gasteiger partial charge in [0.15, 0.2) is 5.96 Å². The van der Waals surface area contributed by atoms with Gasteiger partial charge in [0.05, 0.1) is 18.9 Å². The van der Waals surface area contributed by atoms with Crippen LogP contribution in [0.3, 0.4) is 0 Å². The maximum atomic E-state index is 5.38. The van der Waals surface area contributed by atoms with Crippen molar-refractivity contribution in [3.8, 4) is 0 Å². The lowest BCUT2D eigenvalue weighted by Crippen LogP contribution is -2.44. The molecule has 0 amide bonds. The minimum absolute atomic E-state index is 0.438. The van der Waals surface area contributed by atoms with Crippen LogP contribution in [0.1, 0.15) is 25.2 Å². The maximum absolute atomic E-state index is 5.38. The Balaban J connectivity index is 1.76. The summed E-state index contributed by atoms with van der Waals surface area (Å²) in [6.45, 7) is 16.7. The third-order valence-corrected chi connectivity index (χ3v) is 4.32. The first-order valence-electron chi connectivity index (χ1n) is 9.41. The van der Waals surface area contributed by atoms with Gasteiger partial charge in [-0.3, -0.25) is 14.6 Å². The molecule has 1 fully saturated rings. The molecule has 7 nitrogen and oxygen atoms in total. The second kappa shape index (κ2) is 10.4. The Kier molecular flexibility index (Phi) is 8.21. The van der Waals surface area contributed by atoms with Crippen molar-refractivity contribution in [1.29, 1.82) is 0 Å². The van der Waals surface area contributed by atoms with Gasteiger partial charge in [-0.15, -0.1) is 0 Å². The van der Waals surface area contributed by atoms with Crippen molar-refractivity contribution in [1.82, 2.24) is 25.3 Å². The molecule has 0 aliphatic carbocycles. The highest BCUT2D eigenvalue weighted by molar-refractivity contribution is 5.79. The summed E-state index contributed by atoms with van der Waals surface area (Å²) in [5.74, 6) is 1.34. The summed E-state index contributed by atoms with van der Waals surface area (Å²) in [7, 11) is 0. The summed E-state index contributed by atoms with van der Waals surface area (Å²) in [6.07, 6.45) is 0. The van der Waals surface area contributed by atoms with E-state index < -0.39 is 0 Å². The Bertz CT molecular complexity index is 536. The second-order valence-corrected chi connectivity index (χ2v) is 6.81. The van der Waals surface area contributed by atoms with Crippen LogP contribution in [-0.2, 0) is 11.3 Å². The van der Waals surface area contributed by atoms with E-state index in [2.05, 4.69) is 52.2 Å². The Morgan fingerprint density at radius 1 is 1.32 bits per heavy atom. The van der Waals surface area contributed by atoms with E-state index in [1.807, 2.05) is 6.92 Å². The molecule has 1 aliphatic rings. The zero-order valence-electron chi connectivity index (χ0n) is 16.2. The first-order chi connectivity index (χ1) is 12.1. The number of hydrogen-bond donors (Lipinski definition) is 2. The summed E-state index contributed by atoms with van der Waals surface area (Å²) >= 11 is 0. The predicted molar refractivity (Wildman–Crippen MR) is 102 cm³/mol. The second-order valence-electron chi connectivity index (χ2n) is 6.81.